The smallest absolute Gasteiger partial charge is 0.258 e. The van der Waals surface area contributed by atoms with Crippen LogP contribution < -0.4 is 20.5 Å². The quantitative estimate of drug-likeness (QED) is 0.514. The molecule has 1 aliphatic rings. The monoisotopic (exact) mass is 384 g/mol. The molecule has 28 heavy (non-hydrogen) atoms. The molecule has 2 heterocycles. The van der Waals surface area contributed by atoms with E-state index in [2.05, 4.69) is 10.3 Å². The number of primary amides is 1. The number of aliphatic imine (C=N–C) groups is 1. The second-order valence-corrected chi connectivity index (χ2v) is 6.72. The number of carbonyl (C=O) groups excluding carboxylic acids is 1. The summed E-state index contributed by atoms with van der Waals surface area (Å²) in [5.74, 6) is 1.86. The van der Waals surface area contributed by atoms with E-state index in [0.717, 1.165) is 17.7 Å². The predicted molar refractivity (Wildman–Crippen MR) is 106 cm³/mol. The minimum atomic E-state index is -0.737. The highest BCUT2D eigenvalue weighted by atomic mass is 16.5. The highest BCUT2D eigenvalue weighted by Gasteiger charge is 2.21. The molecule has 3 rings (SSSR count). The molecular formula is C19H24N6O3. The number of nitrogens with zero attached hydrogens (tertiary/aromatic N) is 3. The Morgan fingerprint density at radius 1 is 1.46 bits per heavy atom. The Kier molecular flexibility index (Phi) is 5.62. The van der Waals surface area contributed by atoms with Gasteiger partial charge < -0.3 is 25.1 Å². The molecule has 0 spiro atoms. The lowest BCUT2D eigenvalue weighted by Gasteiger charge is -2.13. The average molecular weight is 384 g/mol. The normalized spacial score (nSPS) is 14.4. The van der Waals surface area contributed by atoms with Gasteiger partial charge in [-0.3, -0.25) is 10.2 Å². The van der Waals surface area contributed by atoms with Gasteiger partial charge in [0.2, 0.25) is 0 Å². The number of amides is 1. The van der Waals surface area contributed by atoms with Gasteiger partial charge in [0, 0.05) is 18.3 Å². The molecule has 0 saturated carbocycles. The van der Waals surface area contributed by atoms with Gasteiger partial charge in [0.25, 0.3) is 5.91 Å². The number of benzene rings is 1. The van der Waals surface area contributed by atoms with Crippen LogP contribution in [0.25, 0.3) is 11.4 Å². The highest BCUT2D eigenvalue weighted by Crippen LogP contribution is 2.35. The fourth-order valence-electron chi connectivity index (χ4n) is 2.83. The maximum absolute atomic E-state index is 11.2. The van der Waals surface area contributed by atoms with Crippen LogP contribution in [0, 0.1) is 5.41 Å². The molecular weight excluding hydrogens is 360 g/mol. The van der Waals surface area contributed by atoms with Gasteiger partial charge in [-0.1, -0.05) is 0 Å². The zero-order chi connectivity index (χ0) is 20.3. The van der Waals surface area contributed by atoms with Crippen LogP contribution in [0.4, 0.5) is 0 Å². The molecule has 0 fully saturated rings. The second-order valence-electron chi connectivity index (χ2n) is 6.72. The van der Waals surface area contributed by atoms with Crippen molar-refractivity contribution < 1.29 is 14.3 Å². The van der Waals surface area contributed by atoms with Gasteiger partial charge >= 0.3 is 0 Å². The second kappa shape index (κ2) is 8.12. The zero-order valence-electron chi connectivity index (χ0n) is 16.1. The summed E-state index contributed by atoms with van der Waals surface area (Å²) in [5, 5.41) is 10.5. The van der Waals surface area contributed by atoms with Crippen LogP contribution in [-0.4, -0.2) is 46.4 Å². The van der Waals surface area contributed by atoms with Crippen molar-refractivity contribution >= 4 is 18.1 Å². The van der Waals surface area contributed by atoms with Crippen LogP contribution in [0.5, 0.6) is 11.5 Å². The van der Waals surface area contributed by atoms with Gasteiger partial charge in [0.05, 0.1) is 12.1 Å². The van der Waals surface area contributed by atoms with Crippen LogP contribution in [0.3, 0.4) is 0 Å². The molecule has 0 bridgehead atoms. The third-order valence-corrected chi connectivity index (χ3v) is 4.14. The molecule has 148 valence electrons. The van der Waals surface area contributed by atoms with Crippen molar-refractivity contribution in [3.8, 4) is 22.9 Å². The van der Waals surface area contributed by atoms with Gasteiger partial charge in [-0.25, -0.2) is 9.98 Å². The summed E-state index contributed by atoms with van der Waals surface area (Å²) in [6, 6.07) is 5.49. The van der Waals surface area contributed by atoms with Gasteiger partial charge in [0.15, 0.2) is 11.9 Å². The number of carbonyl (C=O) groups is 1. The molecule has 9 heteroatoms. The van der Waals surface area contributed by atoms with E-state index < -0.39 is 12.0 Å². The topological polar surface area (TPSA) is 128 Å². The summed E-state index contributed by atoms with van der Waals surface area (Å²) in [6.45, 7) is 6.67. The van der Waals surface area contributed by atoms with E-state index >= 15 is 0 Å². The van der Waals surface area contributed by atoms with Crippen molar-refractivity contribution in [2.75, 3.05) is 6.61 Å². The maximum atomic E-state index is 11.2. The Labute approximate surface area is 163 Å². The molecule has 0 unspecified atom stereocenters. The first kappa shape index (κ1) is 19.4. The minimum Gasteiger partial charge on any atom is -0.491 e. The van der Waals surface area contributed by atoms with E-state index in [9.17, 15) is 4.79 Å². The van der Waals surface area contributed by atoms with E-state index in [1.807, 2.05) is 30.7 Å². The number of aromatic nitrogens is 2. The largest absolute Gasteiger partial charge is 0.491 e. The Morgan fingerprint density at radius 3 is 2.93 bits per heavy atom. The van der Waals surface area contributed by atoms with Crippen molar-refractivity contribution in [1.82, 2.24) is 14.9 Å². The number of amidine groups is 1. The Morgan fingerprint density at radius 2 is 2.25 bits per heavy atom. The van der Waals surface area contributed by atoms with E-state index in [1.165, 1.54) is 0 Å². The number of imidazole rings is 1. The van der Waals surface area contributed by atoms with Crippen molar-refractivity contribution in [2.24, 2.45) is 10.7 Å². The first-order valence-electron chi connectivity index (χ1n) is 9.03. The fourth-order valence-corrected chi connectivity index (χ4v) is 2.83. The van der Waals surface area contributed by atoms with E-state index in [0.29, 0.717) is 36.2 Å². The molecule has 9 nitrogen and oxygen atoms in total. The van der Waals surface area contributed by atoms with E-state index in [1.54, 1.807) is 19.1 Å². The Bertz CT molecular complexity index is 918. The highest BCUT2D eigenvalue weighted by molar-refractivity contribution is 6.01. The number of rotatable bonds is 6. The molecule has 1 aliphatic heterocycles. The Hall–Kier alpha value is -3.36. The van der Waals surface area contributed by atoms with Crippen LogP contribution >= 0.6 is 0 Å². The average Bonchev–Trinajstić information content (AvgIpc) is 2.98. The third kappa shape index (κ3) is 4.13. The SMILES string of the molecule is CC(C)N/C(=N\C=N)c1cn2c(n1)-c1ccc(O[C@@H](C)C(N)=O)cc1OCC2. The maximum Gasteiger partial charge on any atom is 0.258 e. The lowest BCUT2D eigenvalue weighted by Crippen LogP contribution is -2.31. The summed E-state index contributed by atoms with van der Waals surface area (Å²) in [6.07, 6.45) is 2.15. The number of hydrogen-bond acceptors (Lipinski definition) is 5. The lowest BCUT2D eigenvalue weighted by molar-refractivity contribution is -0.123. The van der Waals surface area contributed by atoms with Gasteiger partial charge in [-0.05, 0) is 32.9 Å². The molecule has 0 radical (unpaired) electrons. The summed E-state index contributed by atoms with van der Waals surface area (Å²) in [7, 11) is 0. The van der Waals surface area contributed by atoms with Crippen LogP contribution in [0.15, 0.2) is 29.4 Å². The van der Waals surface area contributed by atoms with Crippen molar-refractivity contribution in [3.63, 3.8) is 0 Å². The third-order valence-electron chi connectivity index (χ3n) is 4.14. The van der Waals surface area contributed by atoms with Gasteiger partial charge in [0.1, 0.15) is 36.0 Å². The molecule has 1 aromatic heterocycles. The summed E-state index contributed by atoms with van der Waals surface area (Å²) < 4.78 is 13.4. The molecule has 4 N–H and O–H groups in total. The number of nitrogens with two attached hydrogens (primary N) is 1. The summed E-state index contributed by atoms with van der Waals surface area (Å²) in [4.78, 5) is 20.0. The Balaban J connectivity index is 1.97. The molecule has 0 aliphatic carbocycles. The number of ether oxygens (including phenoxy) is 2. The molecule has 1 amide bonds. The summed E-state index contributed by atoms with van der Waals surface area (Å²) >= 11 is 0. The molecule has 1 aromatic carbocycles. The zero-order valence-corrected chi connectivity index (χ0v) is 16.1. The van der Waals surface area contributed by atoms with Gasteiger partial charge in [-0.2, -0.15) is 0 Å². The first-order valence-corrected chi connectivity index (χ1v) is 9.03. The van der Waals surface area contributed by atoms with E-state index in [-0.39, 0.29) is 6.04 Å². The van der Waals surface area contributed by atoms with Crippen molar-refractivity contribution in [3.05, 3.63) is 30.1 Å². The van der Waals surface area contributed by atoms with Crippen LogP contribution in [0.1, 0.15) is 26.5 Å². The van der Waals surface area contributed by atoms with Crippen LogP contribution in [0.2, 0.25) is 0 Å². The lowest BCUT2D eigenvalue weighted by atomic mass is 10.1. The fraction of sp³-hybridized carbons (Fsp3) is 0.368. The molecule has 0 saturated heterocycles. The summed E-state index contributed by atoms with van der Waals surface area (Å²) in [5.41, 5.74) is 6.72. The number of nitrogens with one attached hydrogen (secondary N) is 2. The number of hydrogen-bond donors (Lipinski definition) is 3. The molecule has 2 aromatic rings. The molecule has 1 atom stereocenters. The standard InChI is InChI=1S/C19H24N6O3/c1-11(2)23-18(22-10-20)15-9-25-6-7-27-16-8-13(28-12(3)17(21)26)4-5-14(16)19(25)24-15/h4-5,8-12H,6-7H2,1-3H3,(H2,21,26)(H2,20,22,23)/t12-/m0/s1. The van der Waals surface area contributed by atoms with Crippen LogP contribution in [-0.2, 0) is 11.3 Å². The number of fused-ring (bicyclic) bond motifs is 3. The minimum absolute atomic E-state index is 0.155. The van der Waals surface area contributed by atoms with Gasteiger partial charge in [-0.15, -0.1) is 0 Å². The predicted octanol–water partition coefficient (Wildman–Crippen LogP) is 1.55. The van der Waals surface area contributed by atoms with Crippen molar-refractivity contribution in [1.29, 1.82) is 5.41 Å². The van der Waals surface area contributed by atoms with E-state index in [4.69, 9.17) is 25.6 Å². The first-order chi connectivity index (χ1) is 13.4. The van der Waals surface area contributed by atoms with Crippen molar-refractivity contribution in [2.45, 2.75) is 39.5 Å².